The van der Waals surface area contributed by atoms with Gasteiger partial charge in [-0.05, 0) is 50.2 Å². The molecule has 2 aliphatic rings. The highest BCUT2D eigenvalue weighted by Gasteiger charge is 2.34. The van der Waals surface area contributed by atoms with Crippen LogP contribution in [0.1, 0.15) is 39.0 Å². The van der Waals surface area contributed by atoms with Crippen LogP contribution in [-0.4, -0.2) is 67.3 Å². The molecule has 0 unspecified atom stereocenters. The van der Waals surface area contributed by atoms with Crippen molar-refractivity contribution in [1.82, 2.24) is 9.80 Å². The molecule has 0 radical (unpaired) electrons. The maximum Gasteiger partial charge on any atom is 0.0558 e. The summed E-state index contributed by atoms with van der Waals surface area (Å²) < 4.78 is 0. The Kier molecular flexibility index (Phi) is 6.27. The molecule has 118 valence electrons. The molecule has 2 rings (SSSR count). The van der Waals surface area contributed by atoms with Gasteiger partial charge in [0.2, 0.25) is 0 Å². The van der Waals surface area contributed by atoms with E-state index in [2.05, 4.69) is 16.7 Å². The monoisotopic (exact) mass is 283 g/mol. The van der Waals surface area contributed by atoms with Gasteiger partial charge in [-0.25, -0.2) is 0 Å². The molecule has 2 fully saturated rings. The van der Waals surface area contributed by atoms with E-state index in [0.717, 1.165) is 38.6 Å². The van der Waals surface area contributed by atoms with Gasteiger partial charge in [0.1, 0.15) is 0 Å². The third kappa shape index (κ3) is 4.42. The zero-order valence-electron chi connectivity index (χ0n) is 13.2. The standard InChI is InChI=1S/C16H33N3O/c1-15-3-5-16(13-17,6-4-15)14-19-8-2-7-18(9-10-19)11-12-20/h15,20H,2-14,17H2,1H3. The van der Waals surface area contributed by atoms with Crippen LogP contribution >= 0.6 is 0 Å². The van der Waals surface area contributed by atoms with Crippen molar-refractivity contribution < 1.29 is 5.11 Å². The summed E-state index contributed by atoms with van der Waals surface area (Å²) >= 11 is 0. The molecule has 3 N–H and O–H groups in total. The smallest absolute Gasteiger partial charge is 0.0558 e. The van der Waals surface area contributed by atoms with Crippen molar-refractivity contribution in [2.24, 2.45) is 17.1 Å². The van der Waals surface area contributed by atoms with E-state index in [1.807, 2.05) is 0 Å². The molecule has 1 saturated carbocycles. The van der Waals surface area contributed by atoms with E-state index in [0.29, 0.717) is 5.41 Å². The van der Waals surface area contributed by atoms with Crippen LogP contribution < -0.4 is 5.73 Å². The van der Waals surface area contributed by atoms with Crippen molar-refractivity contribution >= 4 is 0 Å². The minimum absolute atomic E-state index is 0.282. The van der Waals surface area contributed by atoms with Crippen LogP contribution in [0.4, 0.5) is 0 Å². The normalized spacial score (nSPS) is 34.0. The van der Waals surface area contributed by atoms with E-state index in [4.69, 9.17) is 10.8 Å². The maximum atomic E-state index is 9.07. The number of hydrogen-bond acceptors (Lipinski definition) is 4. The van der Waals surface area contributed by atoms with Crippen LogP contribution in [0, 0.1) is 11.3 Å². The van der Waals surface area contributed by atoms with Crippen LogP contribution in [0.2, 0.25) is 0 Å². The van der Waals surface area contributed by atoms with Gasteiger partial charge in [0.15, 0.2) is 0 Å². The number of β-amino-alcohol motifs (C(OH)–C–C–N with tert-alkyl or cyclic N) is 1. The summed E-state index contributed by atoms with van der Waals surface area (Å²) in [4.78, 5) is 5.01. The zero-order valence-corrected chi connectivity index (χ0v) is 13.2. The molecular weight excluding hydrogens is 250 g/mol. The van der Waals surface area contributed by atoms with Gasteiger partial charge in [-0.3, -0.25) is 4.90 Å². The predicted octanol–water partition coefficient (Wildman–Crippen LogP) is 1.14. The topological polar surface area (TPSA) is 52.7 Å². The molecule has 0 bridgehead atoms. The first-order valence-corrected chi connectivity index (χ1v) is 8.43. The predicted molar refractivity (Wildman–Crippen MR) is 83.7 cm³/mol. The average Bonchev–Trinajstić information content (AvgIpc) is 2.68. The quantitative estimate of drug-likeness (QED) is 0.794. The van der Waals surface area contributed by atoms with E-state index >= 15 is 0 Å². The van der Waals surface area contributed by atoms with Gasteiger partial charge in [-0.15, -0.1) is 0 Å². The van der Waals surface area contributed by atoms with Gasteiger partial charge in [0.05, 0.1) is 6.61 Å². The van der Waals surface area contributed by atoms with Gasteiger partial charge < -0.3 is 15.7 Å². The Morgan fingerprint density at radius 1 is 1.10 bits per heavy atom. The lowest BCUT2D eigenvalue weighted by molar-refractivity contribution is 0.0958. The Labute approximate surface area is 124 Å². The molecule has 0 aromatic rings. The molecule has 20 heavy (non-hydrogen) atoms. The van der Waals surface area contributed by atoms with E-state index in [9.17, 15) is 0 Å². The molecule has 1 aliphatic carbocycles. The molecule has 1 saturated heterocycles. The van der Waals surface area contributed by atoms with Gasteiger partial charge >= 0.3 is 0 Å². The lowest BCUT2D eigenvalue weighted by Gasteiger charge is -2.42. The summed E-state index contributed by atoms with van der Waals surface area (Å²) in [6.07, 6.45) is 6.53. The molecule has 4 nitrogen and oxygen atoms in total. The van der Waals surface area contributed by atoms with Crippen molar-refractivity contribution in [2.75, 3.05) is 52.4 Å². The van der Waals surface area contributed by atoms with Gasteiger partial charge in [-0.1, -0.05) is 19.8 Å². The molecular formula is C16H33N3O. The van der Waals surface area contributed by atoms with E-state index in [1.165, 1.54) is 45.2 Å². The highest BCUT2D eigenvalue weighted by Crippen LogP contribution is 2.38. The zero-order chi connectivity index (χ0) is 14.4. The number of hydrogen-bond donors (Lipinski definition) is 2. The van der Waals surface area contributed by atoms with Crippen LogP contribution in [0.5, 0.6) is 0 Å². The fraction of sp³-hybridized carbons (Fsp3) is 1.00. The molecule has 0 aromatic carbocycles. The first-order chi connectivity index (χ1) is 9.67. The van der Waals surface area contributed by atoms with Gasteiger partial charge in [-0.2, -0.15) is 0 Å². The first kappa shape index (κ1) is 16.2. The van der Waals surface area contributed by atoms with Crippen LogP contribution in [0.15, 0.2) is 0 Å². The van der Waals surface area contributed by atoms with E-state index in [-0.39, 0.29) is 6.61 Å². The maximum absolute atomic E-state index is 9.07. The molecule has 1 heterocycles. The third-order valence-corrected chi connectivity index (χ3v) is 5.42. The van der Waals surface area contributed by atoms with Crippen molar-refractivity contribution in [3.8, 4) is 0 Å². The summed E-state index contributed by atoms with van der Waals surface area (Å²) in [5.74, 6) is 0.888. The van der Waals surface area contributed by atoms with Crippen molar-refractivity contribution in [2.45, 2.75) is 39.0 Å². The van der Waals surface area contributed by atoms with E-state index < -0.39 is 0 Å². The number of nitrogens with two attached hydrogens (primary N) is 1. The number of rotatable bonds is 5. The Hall–Kier alpha value is -0.160. The second-order valence-electron chi connectivity index (χ2n) is 7.08. The minimum atomic E-state index is 0.282. The molecule has 0 spiro atoms. The second-order valence-corrected chi connectivity index (χ2v) is 7.08. The Bertz CT molecular complexity index is 277. The SMILES string of the molecule is CC1CCC(CN)(CN2CCCN(CCO)CC2)CC1. The molecule has 0 amide bonds. The molecule has 0 atom stereocenters. The van der Waals surface area contributed by atoms with Crippen LogP contribution in [0.3, 0.4) is 0 Å². The van der Waals surface area contributed by atoms with Gasteiger partial charge in [0, 0.05) is 26.2 Å². The second kappa shape index (κ2) is 7.74. The van der Waals surface area contributed by atoms with Crippen molar-refractivity contribution in [1.29, 1.82) is 0 Å². The Morgan fingerprint density at radius 2 is 1.75 bits per heavy atom. The summed E-state index contributed by atoms with van der Waals surface area (Å²) in [5, 5.41) is 9.07. The highest BCUT2D eigenvalue weighted by atomic mass is 16.3. The minimum Gasteiger partial charge on any atom is -0.395 e. The largest absolute Gasteiger partial charge is 0.395 e. The number of aliphatic hydroxyl groups excluding tert-OH is 1. The van der Waals surface area contributed by atoms with Crippen molar-refractivity contribution in [3.63, 3.8) is 0 Å². The fourth-order valence-corrected chi connectivity index (χ4v) is 3.82. The molecule has 0 aromatic heterocycles. The number of nitrogens with zero attached hydrogens (tertiary/aromatic N) is 2. The molecule has 4 heteroatoms. The summed E-state index contributed by atoms with van der Waals surface area (Å²) in [5.41, 5.74) is 6.52. The number of aliphatic hydroxyl groups is 1. The summed E-state index contributed by atoms with van der Waals surface area (Å²) in [7, 11) is 0. The highest BCUT2D eigenvalue weighted by molar-refractivity contribution is 4.89. The summed E-state index contributed by atoms with van der Waals surface area (Å²) in [6, 6.07) is 0. The first-order valence-electron chi connectivity index (χ1n) is 8.43. The lowest BCUT2D eigenvalue weighted by Crippen LogP contribution is -2.45. The molecule has 1 aliphatic heterocycles. The fourth-order valence-electron chi connectivity index (χ4n) is 3.82. The third-order valence-electron chi connectivity index (χ3n) is 5.42. The Balaban J connectivity index is 1.85. The average molecular weight is 283 g/mol. The van der Waals surface area contributed by atoms with Crippen LogP contribution in [-0.2, 0) is 0 Å². The Morgan fingerprint density at radius 3 is 2.40 bits per heavy atom. The summed E-state index contributed by atoms with van der Waals surface area (Å²) in [6.45, 7) is 10.1. The lowest BCUT2D eigenvalue weighted by atomic mass is 9.70. The van der Waals surface area contributed by atoms with E-state index in [1.54, 1.807) is 0 Å². The van der Waals surface area contributed by atoms with Gasteiger partial charge in [0.25, 0.3) is 0 Å². The van der Waals surface area contributed by atoms with Crippen LogP contribution in [0.25, 0.3) is 0 Å². The van der Waals surface area contributed by atoms with Crippen molar-refractivity contribution in [3.05, 3.63) is 0 Å².